The van der Waals surface area contributed by atoms with Crippen LogP contribution in [0.15, 0.2) is 24.3 Å². The van der Waals surface area contributed by atoms with Crippen LogP contribution >= 0.6 is 0 Å². The fraction of sp³-hybridized carbons (Fsp3) is 0.357. The smallest absolute Gasteiger partial charge is 0.272 e. The van der Waals surface area contributed by atoms with Crippen molar-refractivity contribution in [2.75, 3.05) is 13.1 Å². The van der Waals surface area contributed by atoms with Gasteiger partial charge in [-0.2, -0.15) is 5.10 Å². The molecule has 1 fully saturated rings. The lowest BCUT2D eigenvalue weighted by Crippen LogP contribution is -2.35. The highest BCUT2D eigenvalue weighted by Gasteiger charge is 2.29. The molecule has 1 saturated carbocycles. The number of carbonyl (C=O) groups excluding carboxylic acids is 2. The molecule has 0 aliphatic heterocycles. The topological polar surface area (TPSA) is 86.9 Å². The summed E-state index contributed by atoms with van der Waals surface area (Å²) in [6, 6.07) is 7.47. The molecular formula is C14H16N4O2. The van der Waals surface area contributed by atoms with E-state index in [-0.39, 0.29) is 17.7 Å². The molecule has 20 heavy (non-hydrogen) atoms. The van der Waals surface area contributed by atoms with E-state index >= 15 is 0 Å². The molecule has 0 saturated heterocycles. The Labute approximate surface area is 115 Å². The quantitative estimate of drug-likeness (QED) is 0.704. The zero-order valence-corrected chi connectivity index (χ0v) is 11.0. The van der Waals surface area contributed by atoms with Crippen molar-refractivity contribution >= 4 is 22.7 Å². The minimum Gasteiger partial charge on any atom is -0.354 e. The highest BCUT2D eigenvalue weighted by atomic mass is 16.2. The molecule has 0 bridgehead atoms. The first kappa shape index (κ1) is 12.7. The van der Waals surface area contributed by atoms with Crippen LogP contribution in [0.5, 0.6) is 0 Å². The van der Waals surface area contributed by atoms with E-state index in [0.29, 0.717) is 18.8 Å². The number of nitrogens with one attached hydrogen (secondary N) is 3. The van der Waals surface area contributed by atoms with Crippen LogP contribution in [0.4, 0.5) is 0 Å². The van der Waals surface area contributed by atoms with Gasteiger partial charge in [0.2, 0.25) is 5.91 Å². The monoisotopic (exact) mass is 272 g/mol. The van der Waals surface area contributed by atoms with Gasteiger partial charge >= 0.3 is 0 Å². The van der Waals surface area contributed by atoms with Crippen molar-refractivity contribution in [3.63, 3.8) is 0 Å². The molecule has 0 atom stereocenters. The van der Waals surface area contributed by atoms with E-state index in [1.54, 1.807) is 0 Å². The minimum absolute atomic E-state index is 0.0875. The van der Waals surface area contributed by atoms with E-state index in [4.69, 9.17) is 0 Å². The molecule has 6 nitrogen and oxygen atoms in total. The van der Waals surface area contributed by atoms with Crippen LogP contribution in [0.2, 0.25) is 0 Å². The van der Waals surface area contributed by atoms with Crippen molar-refractivity contribution in [1.29, 1.82) is 0 Å². The van der Waals surface area contributed by atoms with E-state index in [2.05, 4.69) is 20.8 Å². The fourth-order valence-electron chi connectivity index (χ4n) is 2.07. The van der Waals surface area contributed by atoms with Gasteiger partial charge in [-0.1, -0.05) is 18.2 Å². The summed E-state index contributed by atoms with van der Waals surface area (Å²) in [6.45, 7) is 0.849. The molecule has 1 heterocycles. The van der Waals surface area contributed by atoms with Gasteiger partial charge < -0.3 is 10.6 Å². The number of carbonyl (C=O) groups is 2. The van der Waals surface area contributed by atoms with Gasteiger partial charge in [0.15, 0.2) is 5.69 Å². The molecule has 1 aliphatic carbocycles. The summed E-state index contributed by atoms with van der Waals surface area (Å²) in [5.74, 6) is 0.0496. The summed E-state index contributed by atoms with van der Waals surface area (Å²) in [6.07, 6.45) is 1.97. The summed E-state index contributed by atoms with van der Waals surface area (Å²) in [5, 5.41) is 13.2. The van der Waals surface area contributed by atoms with Crippen molar-refractivity contribution in [2.24, 2.45) is 5.92 Å². The number of nitrogens with zero attached hydrogens (tertiary/aromatic N) is 1. The number of benzene rings is 1. The molecule has 0 radical (unpaired) electrons. The molecule has 0 unspecified atom stereocenters. The normalized spacial score (nSPS) is 14.2. The third kappa shape index (κ3) is 2.64. The third-order valence-corrected chi connectivity index (χ3v) is 3.34. The number of hydrogen-bond acceptors (Lipinski definition) is 3. The third-order valence-electron chi connectivity index (χ3n) is 3.34. The standard InChI is InChI=1S/C14H16N4O2/c19-13(9-5-6-9)15-7-8-16-14(20)12-10-3-1-2-4-11(10)17-18-12/h1-4,9H,5-8H2,(H,15,19)(H,16,20)(H,17,18). The number of H-pyrrole nitrogens is 1. The highest BCUT2D eigenvalue weighted by molar-refractivity contribution is 6.04. The Morgan fingerprint density at radius 1 is 1.20 bits per heavy atom. The second-order valence-electron chi connectivity index (χ2n) is 4.94. The zero-order valence-electron chi connectivity index (χ0n) is 11.0. The summed E-state index contributed by atoms with van der Waals surface area (Å²) >= 11 is 0. The summed E-state index contributed by atoms with van der Waals surface area (Å²) in [5.41, 5.74) is 1.22. The number of aromatic amines is 1. The van der Waals surface area contributed by atoms with Crippen LogP contribution in [-0.4, -0.2) is 35.1 Å². The van der Waals surface area contributed by atoms with Crippen LogP contribution in [0.25, 0.3) is 10.9 Å². The van der Waals surface area contributed by atoms with E-state index < -0.39 is 0 Å². The van der Waals surface area contributed by atoms with Crippen molar-refractivity contribution in [1.82, 2.24) is 20.8 Å². The number of rotatable bonds is 5. The van der Waals surface area contributed by atoms with Crippen LogP contribution in [0.3, 0.4) is 0 Å². The van der Waals surface area contributed by atoms with Crippen LogP contribution < -0.4 is 10.6 Å². The average Bonchev–Trinajstić information content (AvgIpc) is 3.22. The summed E-state index contributed by atoms with van der Waals surface area (Å²) in [7, 11) is 0. The lowest BCUT2D eigenvalue weighted by atomic mass is 10.2. The number of fused-ring (bicyclic) bond motifs is 1. The highest BCUT2D eigenvalue weighted by Crippen LogP contribution is 2.28. The Hall–Kier alpha value is -2.37. The Balaban J connectivity index is 1.52. The van der Waals surface area contributed by atoms with Gasteiger partial charge in [0.1, 0.15) is 0 Å². The lowest BCUT2D eigenvalue weighted by molar-refractivity contribution is -0.122. The average molecular weight is 272 g/mol. The van der Waals surface area contributed by atoms with Gasteiger partial charge in [0.05, 0.1) is 5.52 Å². The fourth-order valence-corrected chi connectivity index (χ4v) is 2.07. The molecule has 104 valence electrons. The SMILES string of the molecule is O=C(NCCNC(=O)C1CC1)c1n[nH]c2ccccc12. The summed E-state index contributed by atoms with van der Waals surface area (Å²) in [4.78, 5) is 23.4. The molecule has 2 aromatic rings. The van der Waals surface area contributed by atoms with Gasteiger partial charge in [-0.15, -0.1) is 0 Å². The van der Waals surface area contributed by atoms with Crippen LogP contribution in [0, 0.1) is 5.92 Å². The molecule has 0 spiro atoms. The second-order valence-corrected chi connectivity index (χ2v) is 4.94. The van der Waals surface area contributed by atoms with Gasteiger partial charge in [-0.05, 0) is 18.9 Å². The Bertz CT molecular complexity index is 645. The predicted octanol–water partition coefficient (Wildman–Crippen LogP) is 0.819. The zero-order chi connectivity index (χ0) is 13.9. The predicted molar refractivity (Wildman–Crippen MR) is 74.2 cm³/mol. The first-order valence-corrected chi connectivity index (χ1v) is 6.75. The van der Waals surface area contributed by atoms with Crippen LogP contribution in [-0.2, 0) is 4.79 Å². The molecule has 6 heteroatoms. The molecule has 1 aromatic carbocycles. The first-order chi connectivity index (χ1) is 9.75. The second kappa shape index (κ2) is 5.32. The molecule has 2 amide bonds. The van der Waals surface area contributed by atoms with Crippen LogP contribution in [0.1, 0.15) is 23.3 Å². The minimum atomic E-state index is -0.233. The molecular weight excluding hydrogens is 256 g/mol. The van der Waals surface area contributed by atoms with Gasteiger partial charge in [-0.25, -0.2) is 0 Å². The maximum atomic E-state index is 12.0. The van der Waals surface area contributed by atoms with Gasteiger partial charge in [-0.3, -0.25) is 14.7 Å². The summed E-state index contributed by atoms with van der Waals surface area (Å²) < 4.78 is 0. The Morgan fingerprint density at radius 3 is 2.75 bits per heavy atom. The Kier molecular flexibility index (Phi) is 3.37. The van der Waals surface area contributed by atoms with E-state index in [0.717, 1.165) is 23.7 Å². The maximum Gasteiger partial charge on any atom is 0.272 e. The van der Waals surface area contributed by atoms with Gasteiger partial charge in [0, 0.05) is 24.4 Å². The molecule has 3 N–H and O–H groups in total. The van der Waals surface area contributed by atoms with Gasteiger partial charge in [0.25, 0.3) is 5.91 Å². The van der Waals surface area contributed by atoms with Crippen molar-refractivity contribution in [3.8, 4) is 0 Å². The number of amides is 2. The number of para-hydroxylation sites is 1. The van der Waals surface area contributed by atoms with Crippen molar-refractivity contribution in [3.05, 3.63) is 30.0 Å². The number of hydrogen-bond donors (Lipinski definition) is 3. The van der Waals surface area contributed by atoms with E-state index in [1.165, 1.54) is 0 Å². The first-order valence-electron chi connectivity index (χ1n) is 6.75. The van der Waals surface area contributed by atoms with E-state index in [1.807, 2.05) is 24.3 Å². The molecule has 3 rings (SSSR count). The molecule has 1 aliphatic rings. The van der Waals surface area contributed by atoms with Crippen molar-refractivity contribution < 1.29 is 9.59 Å². The van der Waals surface area contributed by atoms with E-state index in [9.17, 15) is 9.59 Å². The lowest BCUT2D eigenvalue weighted by Gasteiger charge is -2.05. The largest absolute Gasteiger partial charge is 0.354 e. The Morgan fingerprint density at radius 2 is 1.95 bits per heavy atom. The maximum absolute atomic E-state index is 12.0. The van der Waals surface area contributed by atoms with Crippen molar-refractivity contribution in [2.45, 2.75) is 12.8 Å². The number of aromatic nitrogens is 2. The molecule has 1 aromatic heterocycles.